The lowest BCUT2D eigenvalue weighted by molar-refractivity contribution is -0.114. The Labute approximate surface area is 188 Å². The monoisotopic (exact) mass is 513 g/mol. The molecule has 29 heavy (non-hydrogen) atoms. The van der Waals surface area contributed by atoms with Gasteiger partial charge in [0.05, 0.1) is 0 Å². The van der Waals surface area contributed by atoms with Gasteiger partial charge in [0.2, 0.25) is 5.91 Å². The van der Waals surface area contributed by atoms with Crippen molar-refractivity contribution in [3.8, 4) is 12.3 Å². The lowest BCUT2D eigenvalue weighted by atomic mass is 10.2. The molecule has 8 nitrogen and oxygen atoms in total. The normalized spacial score (nSPS) is 14.5. The number of hydrogen-bond acceptors (Lipinski definition) is 4. The number of guanidine groups is 1. The van der Waals surface area contributed by atoms with Crippen molar-refractivity contribution in [3.63, 3.8) is 0 Å². The fourth-order valence-electron chi connectivity index (χ4n) is 2.58. The third-order valence-corrected chi connectivity index (χ3v) is 3.95. The Morgan fingerprint density at radius 1 is 1.24 bits per heavy atom. The van der Waals surface area contributed by atoms with E-state index in [0.717, 1.165) is 0 Å². The standard InChI is InChI=1S/C20H27N5O3.HI/c1-5-15-7-6-8-16(13-15)23-17(26)14-22-18(21)24-9-11-25(12-10-24)19(27)28-20(2,3)4;/h1,6-8,13H,9-12,14H2,2-4H3,(H2,21,22)(H,23,26);1H. The van der Waals surface area contributed by atoms with Gasteiger partial charge in [-0.3, -0.25) is 4.79 Å². The molecule has 1 fully saturated rings. The van der Waals surface area contributed by atoms with Gasteiger partial charge in [0.15, 0.2) is 5.96 Å². The number of terminal acetylenes is 1. The minimum absolute atomic E-state index is 0. The Balaban J connectivity index is 0.00000420. The summed E-state index contributed by atoms with van der Waals surface area (Å²) >= 11 is 0. The number of hydrogen-bond donors (Lipinski definition) is 2. The molecule has 0 atom stereocenters. The van der Waals surface area contributed by atoms with Gasteiger partial charge in [-0.05, 0) is 39.0 Å². The second-order valence-corrected chi connectivity index (χ2v) is 7.40. The van der Waals surface area contributed by atoms with Crippen LogP contribution in [0.15, 0.2) is 29.3 Å². The number of carbonyl (C=O) groups excluding carboxylic acids is 2. The van der Waals surface area contributed by atoms with Gasteiger partial charge < -0.3 is 25.6 Å². The van der Waals surface area contributed by atoms with Crippen molar-refractivity contribution >= 4 is 47.6 Å². The minimum atomic E-state index is -0.526. The summed E-state index contributed by atoms with van der Waals surface area (Å²) in [6, 6.07) is 7.01. The van der Waals surface area contributed by atoms with Crippen molar-refractivity contribution in [1.82, 2.24) is 9.80 Å². The summed E-state index contributed by atoms with van der Waals surface area (Å²) in [6.07, 6.45) is 5.01. The first-order valence-electron chi connectivity index (χ1n) is 9.07. The maximum atomic E-state index is 12.1. The number of ether oxygens (including phenoxy) is 1. The van der Waals surface area contributed by atoms with E-state index in [-0.39, 0.29) is 48.5 Å². The predicted molar refractivity (Wildman–Crippen MR) is 124 cm³/mol. The Kier molecular flexibility index (Phi) is 9.23. The summed E-state index contributed by atoms with van der Waals surface area (Å²) in [6.45, 7) is 7.42. The van der Waals surface area contributed by atoms with E-state index in [0.29, 0.717) is 37.4 Å². The van der Waals surface area contributed by atoms with Crippen molar-refractivity contribution < 1.29 is 14.3 Å². The third-order valence-electron chi connectivity index (χ3n) is 3.95. The number of nitrogens with two attached hydrogens (primary N) is 1. The molecule has 0 bridgehead atoms. The van der Waals surface area contributed by atoms with E-state index in [4.69, 9.17) is 16.9 Å². The van der Waals surface area contributed by atoms with Gasteiger partial charge in [-0.25, -0.2) is 9.79 Å². The summed E-state index contributed by atoms with van der Waals surface area (Å²) in [4.78, 5) is 31.8. The first-order chi connectivity index (χ1) is 13.2. The van der Waals surface area contributed by atoms with Crippen LogP contribution in [0.4, 0.5) is 10.5 Å². The summed E-state index contributed by atoms with van der Waals surface area (Å²) in [7, 11) is 0. The van der Waals surface area contributed by atoms with E-state index >= 15 is 0 Å². The van der Waals surface area contributed by atoms with Gasteiger partial charge in [0, 0.05) is 37.4 Å². The summed E-state index contributed by atoms with van der Waals surface area (Å²) in [5.41, 5.74) is 6.76. The molecule has 0 spiro atoms. The van der Waals surface area contributed by atoms with Crippen LogP contribution >= 0.6 is 24.0 Å². The number of nitrogens with one attached hydrogen (secondary N) is 1. The van der Waals surface area contributed by atoms with Crippen LogP contribution in [0.1, 0.15) is 26.3 Å². The first-order valence-corrected chi connectivity index (χ1v) is 9.07. The molecule has 1 aliphatic rings. The Morgan fingerprint density at radius 2 is 1.86 bits per heavy atom. The molecule has 0 radical (unpaired) electrons. The van der Waals surface area contributed by atoms with Crippen LogP contribution in [0.2, 0.25) is 0 Å². The van der Waals surface area contributed by atoms with Gasteiger partial charge in [-0.1, -0.05) is 12.0 Å². The molecular formula is C20H28IN5O3. The lowest BCUT2D eigenvalue weighted by Crippen LogP contribution is -2.53. The smallest absolute Gasteiger partial charge is 0.410 e. The maximum absolute atomic E-state index is 12.1. The van der Waals surface area contributed by atoms with E-state index in [9.17, 15) is 9.59 Å². The lowest BCUT2D eigenvalue weighted by Gasteiger charge is -2.36. The second kappa shape index (κ2) is 10.9. The number of aliphatic imine (C=N–C) groups is 1. The van der Waals surface area contributed by atoms with Crippen molar-refractivity contribution in [2.45, 2.75) is 26.4 Å². The summed E-state index contributed by atoms with van der Waals surface area (Å²) in [5, 5.41) is 2.73. The number of anilines is 1. The van der Waals surface area contributed by atoms with E-state index in [1.807, 2.05) is 25.7 Å². The van der Waals surface area contributed by atoms with Crippen LogP contribution in [0.25, 0.3) is 0 Å². The van der Waals surface area contributed by atoms with Crippen molar-refractivity contribution in [2.75, 3.05) is 38.0 Å². The molecule has 0 aliphatic carbocycles. The molecule has 0 saturated carbocycles. The van der Waals surface area contributed by atoms with Crippen molar-refractivity contribution in [2.24, 2.45) is 10.7 Å². The first kappa shape index (κ1) is 24.6. The Hall–Kier alpha value is -2.48. The number of nitrogens with zero attached hydrogens (tertiary/aromatic N) is 3. The molecular weight excluding hydrogens is 485 g/mol. The highest BCUT2D eigenvalue weighted by Crippen LogP contribution is 2.12. The summed E-state index contributed by atoms with van der Waals surface area (Å²) in [5.74, 6) is 2.50. The topological polar surface area (TPSA) is 100 Å². The molecule has 9 heteroatoms. The number of amides is 2. The largest absolute Gasteiger partial charge is 0.444 e. The molecule has 158 valence electrons. The number of carbonyl (C=O) groups is 2. The number of halogens is 1. The molecule has 1 heterocycles. The zero-order valence-electron chi connectivity index (χ0n) is 17.0. The average Bonchev–Trinajstić information content (AvgIpc) is 2.65. The van der Waals surface area contributed by atoms with Crippen LogP contribution < -0.4 is 11.1 Å². The predicted octanol–water partition coefficient (Wildman–Crippen LogP) is 2.09. The van der Waals surface area contributed by atoms with E-state index in [1.54, 1.807) is 29.2 Å². The maximum Gasteiger partial charge on any atom is 0.410 e. The molecule has 2 amide bonds. The van der Waals surface area contributed by atoms with Crippen LogP contribution in [0.3, 0.4) is 0 Å². The van der Waals surface area contributed by atoms with Gasteiger partial charge in [-0.2, -0.15) is 0 Å². The van der Waals surface area contributed by atoms with Crippen LogP contribution in [0.5, 0.6) is 0 Å². The molecule has 2 rings (SSSR count). The number of rotatable bonds is 3. The van der Waals surface area contributed by atoms with Crippen LogP contribution in [-0.2, 0) is 9.53 Å². The summed E-state index contributed by atoms with van der Waals surface area (Å²) < 4.78 is 5.37. The molecule has 0 aromatic heterocycles. The second-order valence-electron chi connectivity index (χ2n) is 7.40. The number of benzene rings is 1. The fourth-order valence-corrected chi connectivity index (χ4v) is 2.58. The van der Waals surface area contributed by atoms with E-state index in [2.05, 4.69) is 16.2 Å². The van der Waals surface area contributed by atoms with Crippen molar-refractivity contribution in [1.29, 1.82) is 0 Å². The Morgan fingerprint density at radius 3 is 2.45 bits per heavy atom. The zero-order chi connectivity index (χ0) is 20.7. The molecule has 1 aliphatic heterocycles. The van der Waals surface area contributed by atoms with Crippen molar-refractivity contribution in [3.05, 3.63) is 29.8 Å². The molecule has 1 aromatic carbocycles. The minimum Gasteiger partial charge on any atom is -0.444 e. The third kappa shape index (κ3) is 8.19. The van der Waals surface area contributed by atoms with Gasteiger partial charge in [0.25, 0.3) is 0 Å². The van der Waals surface area contributed by atoms with Gasteiger partial charge in [-0.15, -0.1) is 30.4 Å². The van der Waals surface area contributed by atoms with E-state index < -0.39 is 5.60 Å². The highest BCUT2D eigenvalue weighted by molar-refractivity contribution is 14.0. The van der Waals surface area contributed by atoms with Crippen LogP contribution in [0, 0.1) is 12.3 Å². The molecule has 1 saturated heterocycles. The quantitative estimate of drug-likeness (QED) is 0.279. The average molecular weight is 513 g/mol. The fraction of sp³-hybridized carbons (Fsp3) is 0.450. The van der Waals surface area contributed by atoms with Gasteiger partial charge in [0.1, 0.15) is 12.1 Å². The highest BCUT2D eigenvalue weighted by Gasteiger charge is 2.26. The van der Waals surface area contributed by atoms with E-state index in [1.165, 1.54) is 0 Å². The molecule has 1 aromatic rings. The SMILES string of the molecule is C#Cc1cccc(NC(=O)CN=C(N)N2CCN(C(=O)OC(C)(C)C)CC2)c1.I. The number of piperazine rings is 1. The Bertz CT molecular complexity index is 790. The molecule has 3 N–H and O–H groups in total. The highest BCUT2D eigenvalue weighted by atomic mass is 127. The zero-order valence-corrected chi connectivity index (χ0v) is 19.3. The van der Waals surface area contributed by atoms with Crippen LogP contribution in [-0.4, -0.2) is 66.1 Å². The van der Waals surface area contributed by atoms with Gasteiger partial charge >= 0.3 is 6.09 Å². The molecule has 0 unspecified atom stereocenters.